The van der Waals surface area contributed by atoms with Crippen LogP contribution in [0.15, 0.2) is 18.2 Å². The Morgan fingerprint density at radius 3 is 2.75 bits per heavy atom. The SMILES string of the molecule is N#Cc1cc(F)cc(CN2CCSCC2)c1. The highest BCUT2D eigenvalue weighted by molar-refractivity contribution is 7.99. The van der Waals surface area contributed by atoms with E-state index in [9.17, 15) is 4.39 Å². The van der Waals surface area contributed by atoms with Crippen LogP contribution in [0.5, 0.6) is 0 Å². The summed E-state index contributed by atoms with van der Waals surface area (Å²) in [7, 11) is 0. The fourth-order valence-corrected chi connectivity index (χ4v) is 2.80. The molecule has 1 heterocycles. The molecule has 1 aromatic rings. The van der Waals surface area contributed by atoms with Crippen LogP contribution in [0.2, 0.25) is 0 Å². The Morgan fingerprint density at radius 1 is 1.31 bits per heavy atom. The summed E-state index contributed by atoms with van der Waals surface area (Å²) in [5, 5.41) is 8.76. The number of benzene rings is 1. The first-order valence-electron chi connectivity index (χ1n) is 5.27. The molecule has 0 aliphatic carbocycles. The van der Waals surface area contributed by atoms with Gasteiger partial charge in [0.1, 0.15) is 5.82 Å². The van der Waals surface area contributed by atoms with Gasteiger partial charge in [0.25, 0.3) is 0 Å². The Morgan fingerprint density at radius 2 is 2.06 bits per heavy atom. The van der Waals surface area contributed by atoms with Gasteiger partial charge in [-0.05, 0) is 23.8 Å². The second kappa shape index (κ2) is 5.33. The molecule has 84 valence electrons. The number of rotatable bonds is 2. The van der Waals surface area contributed by atoms with Crippen molar-refractivity contribution in [3.8, 4) is 6.07 Å². The molecule has 1 aliphatic rings. The quantitative estimate of drug-likeness (QED) is 0.788. The summed E-state index contributed by atoms with van der Waals surface area (Å²) in [5.74, 6) is 1.96. The molecule has 1 aromatic carbocycles. The Hall–Kier alpha value is -1.05. The minimum atomic E-state index is -0.319. The Labute approximate surface area is 99.1 Å². The Balaban J connectivity index is 2.08. The third-order valence-electron chi connectivity index (χ3n) is 2.60. The van der Waals surface area contributed by atoms with Gasteiger partial charge in [0.05, 0.1) is 11.6 Å². The highest BCUT2D eigenvalue weighted by Gasteiger charge is 2.11. The lowest BCUT2D eigenvalue weighted by molar-refractivity contribution is 0.294. The molecule has 0 saturated carbocycles. The van der Waals surface area contributed by atoms with Crippen LogP contribution in [0.1, 0.15) is 11.1 Å². The molecule has 2 rings (SSSR count). The molecule has 0 N–H and O–H groups in total. The zero-order valence-electron chi connectivity index (χ0n) is 8.95. The smallest absolute Gasteiger partial charge is 0.124 e. The second-order valence-electron chi connectivity index (χ2n) is 3.85. The maximum absolute atomic E-state index is 13.2. The van der Waals surface area contributed by atoms with Gasteiger partial charge >= 0.3 is 0 Å². The van der Waals surface area contributed by atoms with Crippen molar-refractivity contribution in [2.45, 2.75) is 6.54 Å². The zero-order chi connectivity index (χ0) is 11.4. The van der Waals surface area contributed by atoms with Crippen LogP contribution in [0.3, 0.4) is 0 Å². The van der Waals surface area contributed by atoms with Crippen LogP contribution in [0, 0.1) is 17.1 Å². The highest BCUT2D eigenvalue weighted by Crippen LogP contribution is 2.15. The highest BCUT2D eigenvalue weighted by atomic mass is 32.2. The lowest BCUT2D eigenvalue weighted by Gasteiger charge is -2.26. The van der Waals surface area contributed by atoms with Crippen molar-refractivity contribution in [1.29, 1.82) is 5.26 Å². The molecule has 0 atom stereocenters. The molecule has 0 bridgehead atoms. The topological polar surface area (TPSA) is 27.0 Å². The number of nitrogens with zero attached hydrogens (tertiary/aromatic N) is 2. The summed E-state index contributed by atoms with van der Waals surface area (Å²) in [6.07, 6.45) is 0. The molecular formula is C12H13FN2S. The van der Waals surface area contributed by atoms with Crippen LogP contribution in [0.4, 0.5) is 4.39 Å². The Bertz CT molecular complexity index is 408. The van der Waals surface area contributed by atoms with E-state index in [0.29, 0.717) is 5.56 Å². The van der Waals surface area contributed by atoms with E-state index in [4.69, 9.17) is 5.26 Å². The standard InChI is InChI=1S/C12H13FN2S/c13-12-6-10(8-14)5-11(7-12)9-15-1-3-16-4-2-15/h5-7H,1-4,9H2. The van der Waals surface area contributed by atoms with Gasteiger partial charge in [-0.2, -0.15) is 17.0 Å². The van der Waals surface area contributed by atoms with E-state index in [1.54, 1.807) is 6.07 Å². The van der Waals surface area contributed by atoms with Gasteiger partial charge in [-0.15, -0.1) is 0 Å². The molecule has 2 nitrogen and oxygen atoms in total. The van der Waals surface area contributed by atoms with Crippen molar-refractivity contribution in [1.82, 2.24) is 4.90 Å². The maximum atomic E-state index is 13.2. The van der Waals surface area contributed by atoms with E-state index in [1.165, 1.54) is 12.1 Å². The van der Waals surface area contributed by atoms with Gasteiger partial charge < -0.3 is 0 Å². The fourth-order valence-electron chi connectivity index (χ4n) is 1.82. The molecule has 0 amide bonds. The van der Waals surface area contributed by atoms with Crippen molar-refractivity contribution in [3.63, 3.8) is 0 Å². The normalized spacial score (nSPS) is 17.0. The van der Waals surface area contributed by atoms with E-state index in [2.05, 4.69) is 4.90 Å². The summed E-state index contributed by atoms with van der Waals surface area (Å²) >= 11 is 1.95. The average Bonchev–Trinajstić information content (AvgIpc) is 2.29. The zero-order valence-corrected chi connectivity index (χ0v) is 9.76. The minimum absolute atomic E-state index is 0.319. The van der Waals surface area contributed by atoms with Crippen molar-refractivity contribution in [2.24, 2.45) is 0 Å². The maximum Gasteiger partial charge on any atom is 0.124 e. The molecule has 0 radical (unpaired) electrons. The van der Waals surface area contributed by atoms with E-state index < -0.39 is 0 Å². The molecule has 16 heavy (non-hydrogen) atoms. The summed E-state index contributed by atoms with van der Waals surface area (Å²) in [6.45, 7) is 2.83. The number of hydrogen-bond donors (Lipinski definition) is 0. The van der Waals surface area contributed by atoms with E-state index in [1.807, 2.05) is 17.8 Å². The Kier molecular flexibility index (Phi) is 3.81. The molecule has 1 fully saturated rings. The summed E-state index contributed by atoms with van der Waals surface area (Å²) in [4.78, 5) is 2.30. The first kappa shape index (κ1) is 11.4. The van der Waals surface area contributed by atoms with Gasteiger partial charge in [0.2, 0.25) is 0 Å². The van der Waals surface area contributed by atoms with Gasteiger partial charge in [-0.1, -0.05) is 0 Å². The molecule has 1 aliphatic heterocycles. The average molecular weight is 236 g/mol. The monoisotopic (exact) mass is 236 g/mol. The molecule has 4 heteroatoms. The third kappa shape index (κ3) is 2.97. The second-order valence-corrected chi connectivity index (χ2v) is 5.07. The predicted molar refractivity (Wildman–Crippen MR) is 63.7 cm³/mol. The number of nitriles is 1. The van der Waals surface area contributed by atoms with Crippen LogP contribution in [-0.2, 0) is 6.54 Å². The number of halogens is 1. The predicted octanol–water partition coefficient (Wildman–Crippen LogP) is 2.25. The first-order valence-corrected chi connectivity index (χ1v) is 6.43. The number of hydrogen-bond acceptors (Lipinski definition) is 3. The lowest BCUT2D eigenvalue weighted by Crippen LogP contribution is -2.32. The van der Waals surface area contributed by atoms with E-state index in [-0.39, 0.29) is 5.82 Å². The summed E-state index contributed by atoms with van der Waals surface area (Å²) < 4.78 is 13.2. The molecule has 1 saturated heterocycles. The lowest BCUT2D eigenvalue weighted by atomic mass is 10.1. The van der Waals surface area contributed by atoms with Crippen molar-refractivity contribution in [3.05, 3.63) is 35.1 Å². The fraction of sp³-hybridized carbons (Fsp3) is 0.417. The molecule has 0 unspecified atom stereocenters. The minimum Gasteiger partial charge on any atom is -0.297 e. The van der Waals surface area contributed by atoms with Crippen LogP contribution in [-0.4, -0.2) is 29.5 Å². The van der Waals surface area contributed by atoms with Crippen LogP contribution in [0.25, 0.3) is 0 Å². The molecule has 0 spiro atoms. The van der Waals surface area contributed by atoms with Gasteiger partial charge in [-0.3, -0.25) is 4.90 Å². The third-order valence-corrected chi connectivity index (χ3v) is 3.54. The van der Waals surface area contributed by atoms with Crippen molar-refractivity contribution in [2.75, 3.05) is 24.6 Å². The molecular weight excluding hydrogens is 223 g/mol. The van der Waals surface area contributed by atoms with Gasteiger partial charge in [0, 0.05) is 31.1 Å². The van der Waals surface area contributed by atoms with Crippen molar-refractivity contribution >= 4 is 11.8 Å². The van der Waals surface area contributed by atoms with Gasteiger partial charge in [-0.25, -0.2) is 4.39 Å². The van der Waals surface area contributed by atoms with Crippen molar-refractivity contribution < 1.29 is 4.39 Å². The number of thioether (sulfide) groups is 1. The first-order chi connectivity index (χ1) is 7.78. The van der Waals surface area contributed by atoms with Gasteiger partial charge in [0.15, 0.2) is 0 Å². The summed E-state index contributed by atoms with van der Waals surface area (Å²) in [5.41, 5.74) is 1.30. The molecule has 0 aromatic heterocycles. The van der Waals surface area contributed by atoms with E-state index >= 15 is 0 Å². The van der Waals surface area contributed by atoms with Crippen LogP contribution >= 0.6 is 11.8 Å². The van der Waals surface area contributed by atoms with Crippen LogP contribution < -0.4 is 0 Å². The summed E-state index contributed by atoms with van der Waals surface area (Å²) in [6, 6.07) is 6.54. The van der Waals surface area contributed by atoms with E-state index in [0.717, 1.165) is 36.7 Å². The largest absolute Gasteiger partial charge is 0.297 e.